The van der Waals surface area contributed by atoms with Crippen LogP contribution >= 0.6 is 24.0 Å². The van der Waals surface area contributed by atoms with Crippen LogP contribution in [0, 0.1) is 5.92 Å². The molecule has 0 aromatic heterocycles. The Bertz CT molecular complexity index is 723. The molecule has 1 aromatic rings. The normalized spacial score (nSPS) is 17.7. The van der Waals surface area contributed by atoms with Crippen LogP contribution in [0.4, 0.5) is 0 Å². The van der Waals surface area contributed by atoms with Gasteiger partial charge in [-0.3, -0.25) is 4.99 Å². The molecule has 1 aromatic carbocycles. The fourth-order valence-electron chi connectivity index (χ4n) is 3.28. The SMILES string of the molecule is CN=C(NCc1ccc(CS(=O)(=O)NC(C)C)cc1)N1CCC(COC)C1.I. The third-order valence-electron chi connectivity index (χ3n) is 4.45. The summed E-state index contributed by atoms with van der Waals surface area (Å²) in [5, 5.41) is 3.39. The Morgan fingerprint density at radius 1 is 1.29 bits per heavy atom. The summed E-state index contributed by atoms with van der Waals surface area (Å²) >= 11 is 0. The van der Waals surface area contributed by atoms with Crippen LogP contribution in [0.25, 0.3) is 0 Å². The van der Waals surface area contributed by atoms with Gasteiger partial charge in [-0.1, -0.05) is 24.3 Å². The maximum atomic E-state index is 12.0. The topological polar surface area (TPSA) is 83.0 Å². The van der Waals surface area contributed by atoms with Gasteiger partial charge in [-0.2, -0.15) is 0 Å². The lowest BCUT2D eigenvalue weighted by atomic mass is 10.1. The molecular weight excluding hydrogens is 491 g/mol. The molecule has 9 heteroatoms. The minimum Gasteiger partial charge on any atom is -0.384 e. The van der Waals surface area contributed by atoms with Gasteiger partial charge in [0.1, 0.15) is 0 Å². The molecule has 0 saturated carbocycles. The molecule has 1 aliphatic heterocycles. The smallest absolute Gasteiger partial charge is 0.216 e. The van der Waals surface area contributed by atoms with E-state index >= 15 is 0 Å². The third kappa shape index (κ3) is 8.22. The largest absolute Gasteiger partial charge is 0.384 e. The summed E-state index contributed by atoms with van der Waals surface area (Å²) in [7, 11) is 0.234. The van der Waals surface area contributed by atoms with Crippen LogP contribution in [0.3, 0.4) is 0 Å². The predicted octanol–water partition coefficient (Wildman–Crippen LogP) is 2.18. The van der Waals surface area contributed by atoms with Crippen molar-refractivity contribution in [2.75, 3.05) is 33.9 Å². The molecule has 28 heavy (non-hydrogen) atoms. The predicted molar refractivity (Wildman–Crippen MR) is 125 cm³/mol. The summed E-state index contributed by atoms with van der Waals surface area (Å²) in [6.07, 6.45) is 1.11. The molecule has 160 valence electrons. The molecule has 1 aliphatic rings. The molecule has 0 aliphatic carbocycles. The first-order valence-electron chi connectivity index (χ1n) is 9.35. The summed E-state index contributed by atoms with van der Waals surface area (Å²) in [5.41, 5.74) is 1.86. The van der Waals surface area contributed by atoms with Gasteiger partial charge in [0.25, 0.3) is 0 Å². The quantitative estimate of drug-likeness (QED) is 0.310. The highest BCUT2D eigenvalue weighted by atomic mass is 127. The van der Waals surface area contributed by atoms with Crippen LogP contribution in [-0.4, -0.2) is 59.2 Å². The number of guanidine groups is 1. The first-order valence-corrected chi connectivity index (χ1v) is 11.0. The number of hydrogen-bond acceptors (Lipinski definition) is 4. The molecule has 2 N–H and O–H groups in total. The van der Waals surface area contributed by atoms with Gasteiger partial charge in [0.15, 0.2) is 5.96 Å². The van der Waals surface area contributed by atoms with Crippen molar-refractivity contribution in [2.24, 2.45) is 10.9 Å². The molecule has 2 rings (SSSR count). The number of nitrogens with one attached hydrogen (secondary N) is 2. The summed E-state index contributed by atoms with van der Waals surface area (Å²) in [4.78, 5) is 6.63. The van der Waals surface area contributed by atoms with Crippen molar-refractivity contribution in [3.8, 4) is 0 Å². The number of sulfonamides is 1. The van der Waals surface area contributed by atoms with Gasteiger partial charge in [-0.15, -0.1) is 24.0 Å². The number of ether oxygens (including phenoxy) is 1. The Kier molecular flexibility index (Phi) is 10.7. The van der Waals surface area contributed by atoms with Crippen molar-refractivity contribution in [1.82, 2.24) is 14.9 Å². The summed E-state index contributed by atoms with van der Waals surface area (Å²) < 4.78 is 31.9. The van der Waals surface area contributed by atoms with E-state index in [1.165, 1.54) is 0 Å². The molecule has 0 bridgehead atoms. The number of hydrogen-bond donors (Lipinski definition) is 2. The van der Waals surface area contributed by atoms with Crippen molar-refractivity contribution >= 4 is 40.0 Å². The number of likely N-dealkylation sites (tertiary alicyclic amines) is 1. The highest BCUT2D eigenvalue weighted by Crippen LogP contribution is 2.16. The number of methoxy groups -OCH3 is 1. The maximum absolute atomic E-state index is 12.0. The minimum atomic E-state index is -3.30. The standard InChI is InChI=1S/C19H32N4O3S.HI/c1-15(2)22-27(24,25)14-17-7-5-16(6-8-17)11-21-19(20-3)23-10-9-18(12-23)13-26-4;/h5-8,15,18,22H,9-14H2,1-4H3,(H,20,21);1H. The van der Waals surface area contributed by atoms with E-state index in [-0.39, 0.29) is 35.8 Å². The second kappa shape index (κ2) is 11.9. The number of benzene rings is 1. The van der Waals surface area contributed by atoms with Crippen LogP contribution in [-0.2, 0) is 27.1 Å². The maximum Gasteiger partial charge on any atom is 0.216 e. The van der Waals surface area contributed by atoms with Gasteiger partial charge < -0.3 is 15.0 Å². The Balaban J connectivity index is 0.00000392. The number of nitrogens with zero attached hydrogens (tertiary/aromatic N) is 2. The zero-order chi connectivity index (χ0) is 19.9. The van der Waals surface area contributed by atoms with Crippen LogP contribution in [0.1, 0.15) is 31.4 Å². The van der Waals surface area contributed by atoms with E-state index in [0.717, 1.165) is 43.2 Å². The molecule has 0 amide bonds. The monoisotopic (exact) mass is 524 g/mol. The third-order valence-corrected chi connectivity index (χ3v) is 5.99. The van der Waals surface area contributed by atoms with E-state index in [9.17, 15) is 8.42 Å². The van der Waals surface area contributed by atoms with Gasteiger partial charge in [-0.25, -0.2) is 13.1 Å². The summed E-state index contributed by atoms with van der Waals surface area (Å²) in [6.45, 7) is 6.99. The van der Waals surface area contributed by atoms with E-state index in [0.29, 0.717) is 12.5 Å². The zero-order valence-corrected chi connectivity index (χ0v) is 20.3. The van der Waals surface area contributed by atoms with Gasteiger partial charge in [0.2, 0.25) is 10.0 Å². The molecular formula is C19H33IN4O3S. The molecule has 1 unspecified atom stereocenters. The van der Waals surface area contributed by atoms with Crippen LogP contribution in [0.2, 0.25) is 0 Å². The number of halogens is 1. The van der Waals surface area contributed by atoms with Crippen molar-refractivity contribution < 1.29 is 13.2 Å². The fourth-order valence-corrected chi connectivity index (χ4v) is 4.72. The number of aliphatic imine (C=N–C) groups is 1. The van der Waals surface area contributed by atoms with Crippen LogP contribution < -0.4 is 10.0 Å². The van der Waals surface area contributed by atoms with Crippen molar-refractivity contribution in [1.29, 1.82) is 0 Å². The van der Waals surface area contributed by atoms with Gasteiger partial charge in [-0.05, 0) is 31.4 Å². The molecule has 1 fully saturated rings. The highest BCUT2D eigenvalue weighted by molar-refractivity contribution is 14.0. The molecule has 0 radical (unpaired) electrons. The molecule has 0 spiro atoms. The lowest BCUT2D eigenvalue weighted by molar-refractivity contribution is 0.157. The highest BCUT2D eigenvalue weighted by Gasteiger charge is 2.24. The average Bonchev–Trinajstić information content (AvgIpc) is 3.04. The molecule has 7 nitrogen and oxygen atoms in total. The van der Waals surface area contributed by atoms with E-state index in [1.807, 2.05) is 38.1 Å². The molecule has 1 saturated heterocycles. The summed E-state index contributed by atoms with van der Waals surface area (Å²) in [5.74, 6) is 1.44. The first kappa shape index (κ1) is 25.1. The van der Waals surface area contributed by atoms with Gasteiger partial charge in [0.05, 0.1) is 12.4 Å². The van der Waals surface area contributed by atoms with E-state index in [4.69, 9.17) is 4.74 Å². The average molecular weight is 524 g/mol. The lowest BCUT2D eigenvalue weighted by Gasteiger charge is -2.21. The van der Waals surface area contributed by atoms with E-state index in [1.54, 1.807) is 14.2 Å². The van der Waals surface area contributed by atoms with Crippen molar-refractivity contribution in [2.45, 2.75) is 38.6 Å². The zero-order valence-electron chi connectivity index (χ0n) is 17.1. The molecule has 1 heterocycles. The second-order valence-corrected chi connectivity index (χ2v) is 9.06. The Labute approximate surface area is 186 Å². The number of rotatable bonds is 8. The van der Waals surface area contributed by atoms with Gasteiger partial charge in [0, 0.05) is 45.8 Å². The van der Waals surface area contributed by atoms with Crippen molar-refractivity contribution in [3.63, 3.8) is 0 Å². The minimum absolute atomic E-state index is 0. The molecule has 1 atom stereocenters. The second-order valence-electron chi connectivity index (χ2n) is 7.30. The Morgan fingerprint density at radius 3 is 2.50 bits per heavy atom. The first-order chi connectivity index (χ1) is 12.8. The van der Waals surface area contributed by atoms with Crippen LogP contribution in [0.15, 0.2) is 29.3 Å². The lowest BCUT2D eigenvalue weighted by Crippen LogP contribution is -2.39. The van der Waals surface area contributed by atoms with Crippen LogP contribution in [0.5, 0.6) is 0 Å². The van der Waals surface area contributed by atoms with E-state index < -0.39 is 10.0 Å². The summed E-state index contributed by atoms with van der Waals surface area (Å²) in [6, 6.07) is 7.55. The van der Waals surface area contributed by atoms with Gasteiger partial charge >= 0.3 is 0 Å². The fraction of sp³-hybridized carbons (Fsp3) is 0.632. The Morgan fingerprint density at radius 2 is 1.93 bits per heavy atom. The van der Waals surface area contributed by atoms with E-state index in [2.05, 4.69) is 19.9 Å². The van der Waals surface area contributed by atoms with Crippen molar-refractivity contribution in [3.05, 3.63) is 35.4 Å². The Hall–Kier alpha value is -0.910.